The molecule has 1 N–H and O–H groups in total. The highest BCUT2D eigenvalue weighted by Gasteiger charge is 2.10. The van der Waals surface area contributed by atoms with E-state index in [4.69, 9.17) is 9.47 Å². The fraction of sp³-hybridized carbons (Fsp3) is 0.286. The molecule has 1 amide bonds. The van der Waals surface area contributed by atoms with Crippen molar-refractivity contribution in [2.24, 2.45) is 5.10 Å². The summed E-state index contributed by atoms with van der Waals surface area (Å²) in [4.78, 5) is 16.9. The van der Waals surface area contributed by atoms with E-state index >= 15 is 0 Å². The first kappa shape index (κ1) is 19.4. The highest BCUT2D eigenvalue weighted by molar-refractivity contribution is 5.98. The van der Waals surface area contributed by atoms with Crippen molar-refractivity contribution >= 4 is 23.2 Å². The van der Waals surface area contributed by atoms with Crippen LogP contribution in [0.4, 0.5) is 0 Å². The number of hydrogen-bond donors (Lipinski definition) is 1. The third-order valence-electron chi connectivity index (χ3n) is 4.38. The number of benzene rings is 2. The van der Waals surface area contributed by atoms with Gasteiger partial charge in [-0.25, -0.2) is 10.4 Å². The van der Waals surface area contributed by atoms with Gasteiger partial charge in [-0.1, -0.05) is 0 Å². The molecule has 0 bridgehead atoms. The lowest BCUT2D eigenvalue weighted by Gasteiger charge is -2.09. The van der Waals surface area contributed by atoms with Gasteiger partial charge in [0.25, 0.3) is 5.91 Å². The minimum atomic E-state index is -0.291. The molecule has 0 aliphatic heterocycles. The van der Waals surface area contributed by atoms with Crippen molar-refractivity contribution < 1.29 is 14.3 Å². The standard InChI is InChI=1S/C21H24N4O3/c1-5-25-14(3)23-17-12-16(8-9-18(17)25)21(26)24-22-13-15-7-10-19(27-4)20(11-15)28-6-2/h7-13H,5-6H2,1-4H3,(H,24,26)/b22-13+. The van der Waals surface area contributed by atoms with E-state index in [1.807, 2.05) is 32.0 Å². The van der Waals surface area contributed by atoms with Crippen LogP contribution in [0.15, 0.2) is 41.5 Å². The van der Waals surface area contributed by atoms with E-state index in [9.17, 15) is 4.79 Å². The van der Waals surface area contributed by atoms with Crippen LogP contribution in [0.25, 0.3) is 11.0 Å². The van der Waals surface area contributed by atoms with E-state index < -0.39 is 0 Å². The molecule has 2 aromatic carbocycles. The number of methoxy groups -OCH3 is 1. The zero-order valence-electron chi connectivity index (χ0n) is 16.5. The van der Waals surface area contributed by atoms with Crippen LogP contribution in [0.3, 0.4) is 0 Å². The summed E-state index contributed by atoms with van der Waals surface area (Å²) in [6.45, 7) is 7.30. The Bertz CT molecular complexity index is 1020. The van der Waals surface area contributed by atoms with Crippen molar-refractivity contribution in [2.75, 3.05) is 13.7 Å². The van der Waals surface area contributed by atoms with Crippen molar-refractivity contribution in [3.8, 4) is 11.5 Å². The van der Waals surface area contributed by atoms with Crippen LogP contribution >= 0.6 is 0 Å². The van der Waals surface area contributed by atoms with Crippen molar-refractivity contribution in [3.63, 3.8) is 0 Å². The van der Waals surface area contributed by atoms with Crippen molar-refractivity contribution in [1.29, 1.82) is 0 Å². The van der Waals surface area contributed by atoms with E-state index in [0.29, 0.717) is 23.7 Å². The number of rotatable bonds is 7. The molecule has 28 heavy (non-hydrogen) atoms. The largest absolute Gasteiger partial charge is 0.493 e. The minimum Gasteiger partial charge on any atom is -0.493 e. The van der Waals surface area contributed by atoms with Crippen LogP contribution in [0.1, 0.15) is 35.6 Å². The second-order valence-corrected chi connectivity index (χ2v) is 6.15. The Labute approximate surface area is 164 Å². The molecule has 3 aromatic rings. The number of nitrogens with one attached hydrogen (secondary N) is 1. The summed E-state index contributed by atoms with van der Waals surface area (Å²) in [5.74, 6) is 1.92. The Morgan fingerprint density at radius 3 is 2.75 bits per heavy atom. The molecule has 0 radical (unpaired) electrons. The number of aromatic nitrogens is 2. The lowest BCUT2D eigenvalue weighted by Crippen LogP contribution is -2.17. The molecule has 7 heteroatoms. The lowest BCUT2D eigenvalue weighted by molar-refractivity contribution is 0.0955. The summed E-state index contributed by atoms with van der Waals surface area (Å²) >= 11 is 0. The number of carbonyl (C=O) groups excluding carboxylic acids is 1. The molecule has 0 aliphatic rings. The Balaban J connectivity index is 1.73. The maximum absolute atomic E-state index is 12.4. The van der Waals surface area contributed by atoms with E-state index in [-0.39, 0.29) is 5.91 Å². The van der Waals surface area contributed by atoms with Gasteiger partial charge in [0, 0.05) is 12.1 Å². The molecule has 0 saturated carbocycles. The van der Waals surface area contributed by atoms with E-state index in [1.165, 1.54) is 0 Å². The van der Waals surface area contributed by atoms with Gasteiger partial charge in [0.2, 0.25) is 0 Å². The van der Waals surface area contributed by atoms with E-state index in [1.54, 1.807) is 31.5 Å². The number of fused-ring (bicyclic) bond motifs is 1. The van der Waals surface area contributed by atoms with Gasteiger partial charge in [0.15, 0.2) is 11.5 Å². The first-order chi connectivity index (χ1) is 13.6. The first-order valence-corrected chi connectivity index (χ1v) is 9.18. The molecule has 0 fully saturated rings. The van der Waals surface area contributed by atoms with Gasteiger partial charge in [-0.2, -0.15) is 5.10 Å². The molecule has 1 heterocycles. The van der Waals surface area contributed by atoms with Crippen LogP contribution in [0.2, 0.25) is 0 Å². The number of amides is 1. The molecular formula is C21H24N4O3. The smallest absolute Gasteiger partial charge is 0.271 e. The Kier molecular flexibility index (Phi) is 5.93. The number of hydrogen-bond acceptors (Lipinski definition) is 5. The fourth-order valence-electron chi connectivity index (χ4n) is 3.06. The van der Waals surface area contributed by atoms with Crippen LogP contribution in [-0.2, 0) is 6.54 Å². The fourth-order valence-corrected chi connectivity index (χ4v) is 3.06. The predicted octanol–water partition coefficient (Wildman–Crippen LogP) is 3.54. The Morgan fingerprint density at radius 2 is 2.04 bits per heavy atom. The maximum atomic E-state index is 12.4. The quantitative estimate of drug-likeness (QED) is 0.502. The van der Waals surface area contributed by atoms with Gasteiger partial charge in [-0.15, -0.1) is 0 Å². The third kappa shape index (κ3) is 3.98. The number of hydrazone groups is 1. The Morgan fingerprint density at radius 1 is 1.21 bits per heavy atom. The van der Waals surface area contributed by atoms with Crippen LogP contribution in [0, 0.1) is 6.92 Å². The normalized spacial score (nSPS) is 11.1. The summed E-state index contributed by atoms with van der Waals surface area (Å²) in [5.41, 5.74) is 5.66. The van der Waals surface area contributed by atoms with Crippen molar-refractivity contribution in [3.05, 3.63) is 53.3 Å². The second kappa shape index (κ2) is 8.56. The molecule has 7 nitrogen and oxygen atoms in total. The molecule has 0 atom stereocenters. The molecule has 0 unspecified atom stereocenters. The molecule has 0 aliphatic carbocycles. The number of ether oxygens (including phenoxy) is 2. The molecule has 0 saturated heterocycles. The second-order valence-electron chi connectivity index (χ2n) is 6.15. The first-order valence-electron chi connectivity index (χ1n) is 9.18. The lowest BCUT2D eigenvalue weighted by atomic mass is 10.2. The third-order valence-corrected chi connectivity index (χ3v) is 4.38. The summed E-state index contributed by atoms with van der Waals surface area (Å²) in [6.07, 6.45) is 1.56. The van der Waals surface area contributed by atoms with Gasteiger partial charge in [0.05, 0.1) is 31.0 Å². The highest BCUT2D eigenvalue weighted by Crippen LogP contribution is 2.27. The van der Waals surface area contributed by atoms with Crippen molar-refractivity contribution in [1.82, 2.24) is 15.0 Å². The maximum Gasteiger partial charge on any atom is 0.271 e. The van der Waals surface area contributed by atoms with Gasteiger partial charge in [0.1, 0.15) is 5.82 Å². The average Bonchev–Trinajstić information content (AvgIpc) is 3.02. The topological polar surface area (TPSA) is 77.7 Å². The minimum absolute atomic E-state index is 0.291. The number of imidazole rings is 1. The van der Waals surface area contributed by atoms with Crippen LogP contribution in [0.5, 0.6) is 11.5 Å². The Hall–Kier alpha value is -3.35. The molecule has 1 aromatic heterocycles. The highest BCUT2D eigenvalue weighted by atomic mass is 16.5. The van der Waals surface area contributed by atoms with Gasteiger partial charge < -0.3 is 14.0 Å². The van der Waals surface area contributed by atoms with Crippen molar-refractivity contribution in [2.45, 2.75) is 27.3 Å². The van der Waals surface area contributed by atoms with Gasteiger partial charge >= 0.3 is 0 Å². The van der Waals surface area contributed by atoms with Gasteiger partial charge in [-0.05, 0) is 62.7 Å². The van der Waals surface area contributed by atoms with Crippen LogP contribution in [-0.4, -0.2) is 35.4 Å². The van der Waals surface area contributed by atoms with Crippen LogP contribution < -0.4 is 14.9 Å². The number of aryl methyl sites for hydroxylation is 2. The predicted molar refractivity (Wildman–Crippen MR) is 109 cm³/mol. The SMILES string of the molecule is CCOc1cc(/C=N/NC(=O)c2ccc3c(c2)nc(C)n3CC)ccc1OC. The number of carbonyl (C=O) groups is 1. The van der Waals surface area contributed by atoms with Gasteiger partial charge in [-0.3, -0.25) is 4.79 Å². The molecule has 0 spiro atoms. The average molecular weight is 380 g/mol. The number of nitrogens with zero attached hydrogens (tertiary/aromatic N) is 3. The summed E-state index contributed by atoms with van der Waals surface area (Å²) in [7, 11) is 1.59. The van der Waals surface area contributed by atoms with E-state index in [2.05, 4.69) is 27.0 Å². The zero-order chi connectivity index (χ0) is 20.1. The monoisotopic (exact) mass is 380 g/mol. The zero-order valence-corrected chi connectivity index (χ0v) is 16.5. The summed E-state index contributed by atoms with van der Waals surface area (Å²) < 4.78 is 12.9. The molecule has 146 valence electrons. The van der Waals surface area contributed by atoms with E-state index in [0.717, 1.165) is 29.0 Å². The molecular weight excluding hydrogens is 356 g/mol. The summed E-state index contributed by atoms with van der Waals surface area (Å²) in [5, 5.41) is 4.05. The molecule has 3 rings (SSSR count). The summed E-state index contributed by atoms with van der Waals surface area (Å²) in [6, 6.07) is 10.9.